The van der Waals surface area contributed by atoms with Gasteiger partial charge in [0.1, 0.15) is 11.9 Å². The third-order valence-corrected chi connectivity index (χ3v) is 3.06. The van der Waals surface area contributed by atoms with E-state index in [1.165, 1.54) is 7.11 Å². The fraction of sp³-hybridized carbons (Fsp3) is 0.278. The largest absolute Gasteiger partial charge is 0.488 e. The predicted molar refractivity (Wildman–Crippen MR) is 84.0 cm³/mol. The van der Waals surface area contributed by atoms with Crippen LogP contribution in [0, 0.1) is 0 Å². The molecule has 0 radical (unpaired) electrons. The second kappa shape index (κ2) is 8.20. The van der Waals surface area contributed by atoms with Crippen molar-refractivity contribution in [1.82, 2.24) is 0 Å². The smallest absolute Gasteiger partial charge is 0.337 e. The zero-order valence-corrected chi connectivity index (χ0v) is 12.8. The fourth-order valence-electron chi connectivity index (χ4n) is 2.00. The molecule has 2 rings (SSSR count). The lowest BCUT2D eigenvalue weighted by Crippen LogP contribution is -2.19. The molecule has 0 spiro atoms. The van der Waals surface area contributed by atoms with E-state index in [4.69, 9.17) is 14.2 Å². The first-order valence-corrected chi connectivity index (χ1v) is 7.15. The SMILES string of the molecule is COC(=O)c1cccc(OC(C)COCc2ccccc2)c1. The van der Waals surface area contributed by atoms with E-state index in [9.17, 15) is 4.79 Å². The Hall–Kier alpha value is -2.33. The Morgan fingerprint density at radius 3 is 2.59 bits per heavy atom. The predicted octanol–water partition coefficient (Wildman–Crippen LogP) is 3.46. The van der Waals surface area contributed by atoms with E-state index in [2.05, 4.69) is 0 Å². The van der Waals surface area contributed by atoms with Crippen LogP contribution in [0.25, 0.3) is 0 Å². The molecule has 22 heavy (non-hydrogen) atoms. The lowest BCUT2D eigenvalue weighted by Gasteiger charge is -2.15. The Kier molecular flexibility index (Phi) is 5.98. The number of carbonyl (C=O) groups excluding carboxylic acids is 1. The van der Waals surface area contributed by atoms with Crippen molar-refractivity contribution >= 4 is 5.97 Å². The van der Waals surface area contributed by atoms with Crippen LogP contribution in [0.1, 0.15) is 22.8 Å². The maximum atomic E-state index is 11.5. The summed E-state index contributed by atoms with van der Waals surface area (Å²) in [7, 11) is 1.36. The molecule has 0 N–H and O–H groups in total. The molecule has 0 bridgehead atoms. The van der Waals surface area contributed by atoms with Crippen LogP contribution >= 0.6 is 0 Å². The monoisotopic (exact) mass is 300 g/mol. The van der Waals surface area contributed by atoms with Gasteiger partial charge in [-0.25, -0.2) is 4.79 Å². The molecule has 2 aromatic rings. The number of methoxy groups -OCH3 is 1. The van der Waals surface area contributed by atoms with E-state index in [1.54, 1.807) is 24.3 Å². The third-order valence-electron chi connectivity index (χ3n) is 3.06. The van der Waals surface area contributed by atoms with E-state index >= 15 is 0 Å². The van der Waals surface area contributed by atoms with Crippen molar-refractivity contribution in [2.24, 2.45) is 0 Å². The average molecular weight is 300 g/mol. The summed E-state index contributed by atoms with van der Waals surface area (Å²) >= 11 is 0. The number of benzene rings is 2. The van der Waals surface area contributed by atoms with Crippen LogP contribution in [0.5, 0.6) is 5.75 Å². The maximum Gasteiger partial charge on any atom is 0.337 e. The average Bonchev–Trinajstić information content (AvgIpc) is 2.55. The second-order valence-electron chi connectivity index (χ2n) is 4.95. The highest BCUT2D eigenvalue weighted by Crippen LogP contribution is 2.16. The Labute approximate surface area is 130 Å². The van der Waals surface area contributed by atoms with Gasteiger partial charge in [0.2, 0.25) is 0 Å². The summed E-state index contributed by atoms with van der Waals surface area (Å²) in [6.07, 6.45) is -0.114. The van der Waals surface area contributed by atoms with E-state index in [0.29, 0.717) is 24.5 Å². The molecule has 4 heteroatoms. The highest BCUT2D eigenvalue weighted by Gasteiger charge is 2.09. The lowest BCUT2D eigenvalue weighted by atomic mass is 10.2. The zero-order chi connectivity index (χ0) is 15.8. The molecule has 0 saturated heterocycles. The van der Waals surface area contributed by atoms with Crippen LogP contribution < -0.4 is 4.74 Å². The molecule has 0 heterocycles. The molecular weight excluding hydrogens is 280 g/mol. The quantitative estimate of drug-likeness (QED) is 0.735. The first kappa shape index (κ1) is 16.0. The molecule has 0 aliphatic heterocycles. The molecule has 0 aliphatic rings. The van der Waals surface area contributed by atoms with E-state index in [-0.39, 0.29) is 12.1 Å². The van der Waals surface area contributed by atoms with E-state index in [1.807, 2.05) is 37.3 Å². The number of ether oxygens (including phenoxy) is 3. The van der Waals surface area contributed by atoms with Gasteiger partial charge in [-0.2, -0.15) is 0 Å². The summed E-state index contributed by atoms with van der Waals surface area (Å²) in [5.74, 6) is 0.247. The molecule has 0 aromatic heterocycles. The van der Waals surface area contributed by atoms with Gasteiger partial charge in [0.25, 0.3) is 0 Å². The molecule has 1 unspecified atom stereocenters. The molecule has 0 aliphatic carbocycles. The van der Waals surface area contributed by atoms with Crippen LogP contribution in [0.15, 0.2) is 54.6 Å². The van der Waals surface area contributed by atoms with Crippen molar-refractivity contribution in [2.75, 3.05) is 13.7 Å². The fourth-order valence-corrected chi connectivity index (χ4v) is 2.00. The third kappa shape index (κ3) is 4.90. The minimum Gasteiger partial charge on any atom is -0.488 e. The second-order valence-corrected chi connectivity index (χ2v) is 4.95. The number of hydrogen-bond acceptors (Lipinski definition) is 4. The summed E-state index contributed by atoms with van der Waals surface area (Å²) in [6, 6.07) is 16.9. The zero-order valence-electron chi connectivity index (χ0n) is 12.8. The Balaban J connectivity index is 1.81. The molecule has 0 amide bonds. The standard InChI is InChI=1S/C18H20O4/c1-14(12-21-13-15-7-4-3-5-8-15)22-17-10-6-9-16(11-17)18(19)20-2/h3-11,14H,12-13H2,1-2H3. The minimum atomic E-state index is -0.376. The normalized spacial score (nSPS) is 11.7. The molecule has 0 saturated carbocycles. The van der Waals surface area contributed by atoms with Gasteiger partial charge in [-0.1, -0.05) is 36.4 Å². The van der Waals surface area contributed by atoms with Gasteiger partial charge in [-0.3, -0.25) is 0 Å². The van der Waals surface area contributed by atoms with Crippen LogP contribution in [-0.4, -0.2) is 25.8 Å². The Morgan fingerprint density at radius 2 is 1.86 bits per heavy atom. The van der Waals surface area contributed by atoms with Gasteiger partial charge in [0.05, 0.1) is 25.9 Å². The van der Waals surface area contributed by atoms with Crippen LogP contribution in [0.4, 0.5) is 0 Å². The Morgan fingerprint density at radius 1 is 1.09 bits per heavy atom. The van der Waals surface area contributed by atoms with Crippen molar-refractivity contribution in [3.05, 3.63) is 65.7 Å². The summed E-state index contributed by atoms with van der Waals surface area (Å²) < 4.78 is 16.1. The van der Waals surface area contributed by atoms with Gasteiger partial charge in [0.15, 0.2) is 0 Å². The number of rotatable bonds is 7. The molecule has 2 aromatic carbocycles. The highest BCUT2D eigenvalue weighted by atomic mass is 16.5. The minimum absolute atomic E-state index is 0.114. The van der Waals surface area contributed by atoms with Crippen LogP contribution in [0.3, 0.4) is 0 Å². The molecular formula is C18H20O4. The summed E-state index contributed by atoms with van der Waals surface area (Å²) in [6.45, 7) is 2.95. The van der Waals surface area contributed by atoms with E-state index in [0.717, 1.165) is 5.56 Å². The lowest BCUT2D eigenvalue weighted by molar-refractivity contribution is 0.0490. The van der Waals surface area contributed by atoms with Gasteiger partial charge in [-0.15, -0.1) is 0 Å². The number of hydrogen-bond donors (Lipinski definition) is 0. The van der Waals surface area contributed by atoms with E-state index < -0.39 is 0 Å². The molecule has 0 fully saturated rings. The summed E-state index contributed by atoms with van der Waals surface area (Å²) in [4.78, 5) is 11.5. The molecule has 4 nitrogen and oxygen atoms in total. The first-order valence-electron chi connectivity index (χ1n) is 7.15. The van der Waals surface area contributed by atoms with Crippen molar-refractivity contribution in [1.29, 1.82) is 0 Å². The van der Waals surface area contributed by atoms with Crippen LogP contribution in [0.2, 0.25) is 0 Å². The summed E-state index contributed by atoms with van der Waals surface area (Å²) in [5.41, 5.74) is 1.60. The molecule has 1 atom stereocenters. The van der Waals surface area contributed by atoms with Crippen molar-refractivity contribution in [2.45, 2.75) is 19.6 Å². The van der Waals surface area contributed by atoms with Crippen molar-refractivity contribution < 1.29 is 19.0 Å². The molecule has 116 valence electrons. The Bertz CT molecular complexity index is 595. The number of carbonyl (C=O) groups is 1. The van der Waals surface area contributed by atoms with Crippen molar-refractivity contribution in [3.8, 4) is 5.75 Å². The summed E-state index contributed by atoms with van der Waals surface area (Å²) in [5, 5.41) is 0. The van der Waals surface area contributed by atoms with Gasteiger partial charge in [-0.05, 0) is 30.7 Å². The van der Waals surface area contributed by atoms with Crippen LogP contribution in [-0.2, 0) is 16.1 Å². The van der Waals surface area contributed by atoms with Crippen molar-refractivity contribution in [3.63, 3.8) is 0 Å². The first-order chi connectivity index (χ1) is 10.7. The highest BCUT2D eigenvalue weighted by molar-refractivity contribution is 5.89. The van der Waals surface area contributed by atoms with Gasteiger partial charge >= 0.3 is 5.97 Å². The van der Waals surface area contributed by atoms with Gasteiger partial charge < -0.3 is 14.2 Å². The van der Waals surface area contributed by atoms with Gasteiger partial charge in [0, 0.05) is 0 Å². The topological polar surface area (TPSA) is 44.8 Å². The maximum absolute atomic E-state index is 11.5. The number of esters is 1.